The van der Waals surface area contributed by atoms with E-state index in [2.05, 4.69) is 27.3 Å². The van der Waals surface area contributed by atoms with Crippen LogP contribution in [0, 0.1) is 0 Å². The lowest BCUT2D eigenvalue weighted by atomic mass is 10.8. The first-order valence-corrected chi connectivity index (χ1v) is 4.18. The molecule has 2 nitrogen and oxygen atoms in total. The second-order valence-corrected chi connectivity index (χ2v) is 3.90. The van der Waals surface area contributed by atoms with Crippen LogP contribution < -0.4 is 10.5 Å². The van der Waals surface area contributed by atoms with Crippen molar-refractivity contribution in [3.05, 3.63) is 9.11 Å². The van der Waals surface area contributed by atoms with E-state index >= 15 is 0 Å². The van der Waals surface area contributed by atoms with Crippen molar-refractivity contribution in [2.45, 2.75) is 6.92 Å². The summed E-state index contributed by atoms with van der Waals surface area (Å²) in [5, 5.41) is 0. The van der Waals surface area contributed by atoms with Crippen molar-refractivity contribution in [2.75, 3.05) is 6.54 Å². The molecule has 0 bridgehead atoms. The van der Waals surface area contributed by atoms with E-state index in [1.54, 1.807) is 18.1 Å². The van der Waals surface area contributed by atoms with Crippen LogP contribution in [-0.4, -0.2) is 6.54 Å². The summed E-state index contributed by atoms with van der Waals surface area (Å²) < 4.78 is 4.13. The molecule has 0 radical (unpaired) electrons. The third-order valence-corrected chi connectivity index (χ3v) is 2.23. The van der Waals surface area contributed by atoms with Crippen molar-refractivity contribution in [1.82, 2.24) is 4.72 Å². The van der Waals surface area contributed by atoms with Gasteiger partial charge in [-0.15, -0.1) is 0 Å². The highest BCUT2D eigenvalue weighted by molar-refractivity contribution is 14.1. The Hall–Kier alpha value is 0.580. The average molecular weight is 244 g/mol. The van der Waals surface area contributed by atoms with Gasteiger partial charge in [-0.25, -0.2) is 0 Å². The quantitative estimate of drug-likeness (QED) is 0.582. The first kappa shape index (κ1) is 8.58. The predicted molar refractivity (Wildman–Crippen MR) is 47.6 cm³/mol. The molecule has 0 fully saturated rings. The maximum absolute atomic E-state index is 5.18. The Morgan fingerprint density at radius 1 is 2.00 bits per heavy atom. The molecule has 0 unspecified atom stereocenters. The largest absolute Gasteiger partial charge is 0.403 e. The van der Waals surface area contributed by atoms with Crippen LogP contribution in [0.1, 0.15) is 6.92 Å². The van der Waals surface area contributed by atoms with Gasteiger partial charge in [0, 0.05) is 12.7 Å². The summed E-state index contributed by atoms with van der Waals surface area (Å²) in [6, 6.07) is 0. The fraction of sp³-hybridized carbons (Fsp3) is 0.500. The van der Waals surface area contributed by atoms with Gasteiger partial charge in [-0.1, -0.05) is 6.92 Å². The highest BCUT2D eigenvalue weighted by Crippen LogP contribution is 2.16. The van der Waals surface area contributed by atoms with E-state index in [-0.39, 0.29) is 0 Å². The van der Waals surface area contributed by atoms with Crippen molar-refractivity contribution in [3.8, 4) is 0 Å². The molecular formula is C4H9IN2S. The summed E-state index contributed by atoms with van der Waals surface area (Å²) in [6.07, 6.45) is 1.58. The zero-order valence-electron chi connectivity index (χ0n) is 4.65. The highest BCUT2D eigenvalue weighted by Gasteiger charge is 1.85. The normalized spacial score (nSPS) is 12.0. The smallest absolute Gasteiger partial charge is 0.0766 e. The Kier molecular flexibility index (Phi) is 6.13. The van der Waals surface area contributed by atoms with Crippen molar-refractivity contribution in [2.24, 2.45) is 5.73 Å². The molecule has 4 heteroatoms. The van der Waals surface area contributed by atoms with Crippen LogP contribution in [0.25, 0.3) is 0 Å². The summed E-state index contributed by atoms with van der Waals surface area (Å²) in [7, 11) is 0. The molecule has 0 aliphatic rings. The molecule has 0 aromatic rings. The Morgan fingerprint density at radius 2 is 2.62 bits per heavy atom. The van der Waals surface area contributed by atoms with Crippen molar-refractivity contribution < 1.29 is 0 Å². The molecule has 0 spiro atoms. The monoisotopic (exact) mass is 244 g/mol. The fourth-order valence-electron chi connectivity index (χ4n) is 0.175. The van der Waals surface area contributed by atoms with Crippen molar-refractivity contribution in [1.29, 1.82) is 0 Å². The van der Waals surface area contributed by atoms with Crippen LogP contribution in [0.5, 0.6) is 0 Å². The number of halogens is 1. The molecule has 0 aliphatic carbocycles. The van der Waals surface area contributed by atoms with Gasteiger partial charge in [0.25, 0.3) is 0 Å². The summed E-state index contributed by atoms with van der Waals surface area (Å²) in [5.41, 5.74) is 5.18. The minimum atomic E-state index is 0.963. The average Bonchev–Trinajstić information content (AvgIpc) is 1.83. The molecule has 0 aromatic carbocycles. The van der Waals surface area contributed by atoms with Gasteiger partial charge in [0.05, 0.1) is 2.91 Å². The molecule has 48 valence electrons. The van der Waals surface area contributed by atoms with E-state index in [0.717, 1.165) is 9.46 Å². The molecule has 0 heterocycles. The van der Waals surface area contributed by atoms with Crippen LogP contribution in [0.15, 0.2) is 9.11 Å². The summed E-state index contributed by atoms with van der Waals surface area (Å²) in [6.45, 7) is 3.01. The standard InChI is InChI=1S/C4H9IN2S/c1-2-7-8-4(5)3-6/h3,7H,2,6H2,1H3/b4-3-. The molecular weight excluding hydrogens is 235 g/mol. The number of rotatable bonds is 3. The van der Waals surface area contributed by atoms with E-state index in [4.69, 9.17) is 5.73 Å². The second kappa shape index (κ2) is 5.71. The van der Waals surface area contributed by atoms with Crippen molar-refractivity contribution >= 4 is 34.5 Å². The lowest BCUT2D eigenvalue weighted by molar-refractivity contribution is 1.04. The molecule has 0 saturated carbocycles. The minimum absolute atomic E-state index is 0.963. The molecule has 0 aromatic heterocycles. The zero-order chi connectivity index (χ0) is 6.41. The van der Waals surface area contributed by atoms with E-state index in [0.29, 0.717) is 0 Å². The van der Waals surface area contributed by atoms with Crippen LogP contribution in [-0.2, 0) is 0 Å². The molecule has 0 rings (SSSR count). The summed E-state index contributed by atoms with van der Waals surface area (Å²) in [5.74, 6) is 0. The zero-order valence-corrected chi connectivity index (χ0v) is 7.62. The lowest BCUT2D eigenvalue weighted by Gasteiger charge is -1.95. The van der Waals surface area contributed by atoms with Gasteiger partial charge in [0.1, 0.15) is 0 Å². The SMILES string of the molecule is CCNS/C(I)=C\N. The van der Waals surface area contributed by atoms with Gasteiger partial charge in [0.2, 0.25) is 0 Å². The first-order chi connectivity index (χ1) is 3.81. The van der Waals surface area contributed by atoms with Crippen LogP contribution >= 0.6 is 34.5 Å². The molecule has 0 aliphatic heterocycles. The summed E-state index contributed by atoms with van der Waals surface area (Å²) >= 11 is 3.71. The Balaban J connectivity index is 3.12. The Labute approximate surface area is 67.6 Å². The number of nitrogens with one attached hydrogen (secondary N) is 1. The van der Waals surface area contributed by atoms with Gasteiger partial charge in [-0.2, -0.15) is 0 Å². The fourth-order valence-corrected chi connectivity index (χ4v) is 0.993. The van der Waals surface area contributed by atoms with Gasteiger partial charge in [-0.3, -0.25) is 4.72 Å². The minimum Gasteiger partial charge on any atom is -0.403 e. The maximum Gasteiger partial charge on any atom is 0.0766 e. The van der Waals surface area contributed by atoms with E-state index in [1.807, 2.05) is 6.92 Å². The molecule has 3 N–H and O–H groups in total. The second-order valence-electron chi connectivity index (χ2n) is 1.07. The molecule has 0 saturated heterocycles. The Bertz CT molecular complexity index is 84.1. The van der Waals surface area contributed by atoms with Gasteiger partial charge >= 0.3 is 0 Å². The molecule has 0 atom stereocenters. The predicted octanol–water partition coefficient (Wildman–Crippen LogP) is 1.44. The van der Waals surface area contributed by atoms with E-state index in [9.17, 15) is 0 Å². The maximum atomic E-state index is 5.18. The lowest BCUT2D eigenvalue weighted by Crippen LogP contribution is -1.99. The molecule has 8 heavy (non-hydrogen) atoms. The number of hydrogen-bond donors (Lipinski definition) is 2. The third-order valence-electron chi connectivity index (χ3n) is 0.445. The first-order valence-electron chi connectivity index (χ1n) is 2.28. The van der Waals surface area contributed by atoms with Crippen LogP contribution in [0.4, 0.5) is 0 Å². The number of hydrogen-bond acceptors (Lipinski definition) is 3. The van der Waals surface area contributed by atoms with Crippen LogP contribution in [0.3, 0.4) is 0 Å². The topological polar surface area (TPSA) is 38.0 Å². The molecule has 0 amide bonds. The van der Waals surface area contributed by atoms with Gasteiger partial charge in [0.15, 0.2) is 0 Å². The van der Waals surface area contributed by atoms with E-state index < -0.39 is 0 Å². The van der Waals surface area contributed by atoms with Crippen LogP contribution in [0.2, 0.25) is 0 Å². The Morgan fingerprint density at radius 3 is 3.00 bits per heavy atom. The third kappa shape index (κ3) is 4.73. The highest BCUT2D eigenvalue weighted by atomic mass is 127. The van der Waals surface area contributed by atoms with Gasteiger partial charge in [-0.05, 0) is 34.5 Å². The van der Waals surface area contributed by atoms with Gasteiger partial charge < -0.3 is 5.73 Å². The van der Waals surface area contributed by atoms with E-state index in [1.165, 1.54) is 0 Å². The summed E-state index contributed by atoms with van der Waals surface area (Å²) in [4.78, 5) is 0. The number of nitrogens with two attached hydrogens (primary N) is 1. The van der Waals surface area contributed by atoms with Crippen molar-refractivity contribution in [3.63, 3.8) is 0 Å².